The smallest absolute Gasteiger partial charge is 0.265 e. The summed E-state index contributed by atoms with van der Waals surface area (Å²) in [7, 11) is 0. The standard InChI is InChI=1S/C22H18Cl2F2N2O5/c1-11(4-5-27-21(30)10-32-12-2-3-14(23)15(24)6-12)28-22(31)20-9-18(29)13-7-16(25)17(26)8-19(13)33-20/h2-3,6-8,20H,1,4-5,9-10H2,(H,27,30)(H,28,31)/t20-/m0/s1. The fourth-order valence-electron chi connectivity index (χ4n) is 2.90. The van der Waals surface area contributed by atoms with Crippen LogP contribution < -0.4 is 20.1 Å². The lowest BCUT2D eigenvalue weighted by Gasteiger charge is -2.24. The van der Waals surface area contributed by atoms with E-state index in [1.165, 1.54) is 6.07 Å². The Balaban J connectivity index is 1.41. The minimum atomic E-state index is -1.22. The molecule has 0 aromatic heterocycles. The van der Waals surface area contributed by atoms with Gasteiger partial charge in [0.25, 0.3) is 11.8 Å². The van der Waals surface area contributed by atoms with Crippen LogP contribution in [-0.2, 0) is 9.59 Å². The fourth-order valence-corrected chi connectivity index (χ4v) is 3.19. The molecule has 0 bridgehead atoms. The molecule has 0 saturated carbocycles. The van der Waals surface area contributed by atoms with Crippen molar-refractivity contribution < 1.29 is 32.6 Å². The summed E-state index contributed by atoms with van der Waals surface area (Å²) < 4.78 is 37.4. The van der Waals surface area contributed by atoms with E-state index >= 15 is 0 Å². The third kappa shape index (κ3) is 6.43. The average Bonchev–Trinajstić information content (AvgIpc) is 2.75. The number of benzene rings is 2. The van der Waals surface area contributed by atoms with Crippen molar-refractivity contribution in [2.45, 2.75) is 18.9 Å². The van der Waals surface area contributed by atoms with Crippen LogP contribution >= 0.6 is 23.2 Å². The molecule has 0 fully saturated rings. The molecule has 0 unspecified atom stereocenters. The van der Waals surface area contributed by atoms with E-state index in [4.69, 9.17) is 32.7 Å². The van der Waals surface area contributed by atoms with E-state index in [9.17, 15) is 23.2 Å². The molecule has 0 saturated heterocycles. The monoisotopic (exact) mass is 498 g/mol. The predicted molar refractivity (Wildman–Crippen MR) is 117 cm³/mol. The average molecular weight is 499 g/mol. The molecule has 11 heteroatoms. The van der Waals surface area contributed by atoms with Crippen molar-refractivity contribution in [3.8, 4) is 11.5 Å². The summed E-state index contributed by atoms with van der Waals surface area (Å²) in [4.78, 5) is 36.4. The molecule has 33 heavy (non-hydrogen) atoms. The fraction of sp³-hybridized carbons (Fsp3) is 0.227. The lowest BCUT2D eigenvalue weighted by molar-refractivity contribution is -0.127. The summed E-state index contributed by atoms with van der Waals surface area (Å²) in [6.07, 6.45) is -1.36. The number of Topliss-reactive ketones (excluding diaryl/α,β-unsaturated/α-hetero) is 1. The normalized spacial score (nSPS) is 14.7. The molecular weight excluding hydrogens is 481 g/mol. The van der Waals surface area contributed by atoms with Crippen molar-refractivity contribution in [3.63, 3.8) is 0 Å². The molecule has 2 aromatic carbocycles. The molecule has 0 radical (unpaired) electrons. The number of rotatable bonds is 8. The van der Waals surface area contributed by atoms with E-state index in [0.29, 0.717) is 15.8 Å². The van der Waals surface area contributed by atoms with Gasteiger partial charge in [0.05, 0.1) is 22.0 Å². The van der Waals surface area contributed by atoms with E-state index in [0.717, 1.165) is 12.1 Å². The van der Waals surface area contributed by atoms with Crippen molar-refractivity contribution in [1.82, 2.24) is 10.6 Å². The van der Waals surface area contributed by atoms with Gasteiger partial charge in [0.15, 0.2) is 30.1 Å². The highest BCUT2D eigenvalue weighted by molar-refractivity contribution is 6.42. The van der Waals surface area contributed by atoms with Gasteiger partial charge in [-0.3, -0.25) is 14.4 Å². The maximum atomic E-state index is 13.4. The Morgan fingerprint density at radius 3 is 2.61 bits per heavy atom. The number of carbonyl (C=O) groups excluding carboxylic acids is 3. The second kappa shape index (κ2) is 10.6. The van der Waals surface area contributed by atoms with Gasteiger partial charge >= 0.3 is 0 Å². The van der Waals surface area contributed by atoms with Crippen molar-refractivity contribution in [3.05, 3.63) is 69.9 Å². The Hall–Kier alpha value is -3.17. The van der Waals surface area contributed by atoms with Gasteiger partial charge in [-0.1, -0.05) is 29.8 Å². The van der Waals surface area contributed by atoms with Gasteiger partial charge in [0, 0.05) is 30.8 Å². The zero-order chi connectivity index (χ0) is 24.1. The van der Waals surface area contributed by atoms with Gasteiger partial charge in [-0.25, -0.2) is 8.78 Å². The van der Waals surface area contributed by atoms with Crippen molar-refractivity contribution in [1.29, 1.82) is 0 Å². The van der Waals surface area contributed by atoms with Crippen LogP contribution in [-0.4, -0.2) is 36.9 Å². The van der Waals surface area contributed by atoms with E-state index in [1.807, 2.05) is 0 Å². The summed E-state index contributed by atoms with van der Waals surface area (Å²) in [5.74, 6) is -3.81. The Morgan fingerprint density at radius 1 is 1.15 bits per heavy atom. The zero-order valence-corrected chi connectivity index (χ0v) is 18.6. The summed E-state index contributed by atoms with van der Waals surface area (Å²) in [6.45, 7) is 3.59. The second-order valence-electron chi connectivity index (χ2n) is 7.05. The number of ketones is 1. The van der Waals surface area contributed by atoms with Crippen LogP contribution in [0.25, 0.3) is 0 Å². The van der Waals surface area contributed by atoms with Crippen LogP contribution in [0.4, 0.5) is 8.78 Å². The largest absolute Gasteiger partial charge is 0.484 e. The van der Waals surface area contributed by atoms with Crippen LogP contribution in [0.15, 0.2) is 42.6 Å². The van der Waals surface area contributed by atoms with Gasteiger partial charge in [-0.2, -0.15) is 0 Å². The third-order valence-electron chi connectivity index (χ3n) is 4.57. The van der Waals surface area contributed by atoms with Crippen molar-refractivity contribution >= 4 is 40.8 Å². The number of ether oxygens (including phenoxy) is 2. The van der Waals surface area contributed by atoms with Gasteiger partial charge in [-0.15, -0.1) is 0 Å². The molecular formula is C22H18Cl2F2N2O5. The Labute approximate surface area is 197 Å². The minimum Gasteiger partial charge on any atom is -0.484 e. The second-order valence-corrected chi connectivity index (χ2v) is 7.87. The number of hydrogen-bond donors (Lipinski definition) is 2. The maximum absolute atomic E-state index is 13.4. The summed E-state index contributed by atoms with van der Waals surface area (Å²) in [6, 6.07) is 6.07. The number of amides is 2. The highest BCUT2D eigenvalue weighted by atomic mass is 35.5. The van der Waals surface area contributed by atoms with Crippen LogP contribution in [0.5, 0.6) is 11.5 Å². The quantitative estimate of drug-likeness (QED) is 0.576. The molecule has 1 aliphatic heterocycles. The molecule has 174 valence electrons. The van der Waals surface area contributed by atoms with E-state index < -0.39 is 35.3 Å². The van der Waals surface area contributed by atoms with E-state index in [2.05, 4.69) is 17.2 Å². The van der Waals surface area contributed by atoms with Crippen LogP contribution in [0.2, 0.25) is 10.0 Å². The predicted octanol–water partition coefficient (Wildman–Crippen LogP) is 3.82. The Bertz CT molecular complexity index is 1130. The van der Waals surface area contributed by atoms with Gasteiger partial charge in [-0.05, 0) is 18.2 Å². The van der Waals surface area contributed by atoms with Crippen molar-refractivity contribution in [2.75, 3.05) is 13.2 Å². The summed E-state index contributed by atoms with van der Waals surface area (Å²) >= 11 is 11.7. The molecule has 1 aliphatic rings. The Kier molecular flexibility index (Phi) is 7.88. The first-order valence-electron chi connectivity index (χ1n) is 9.66. The summed E-state index contributed by atoms with van der Waals surface area (Å²) in [5, 5.41) is 5.74. The SMILES string of the molecule is C=C(CCNC(=O)COc1ccc(Cl)c(Cl)c1)NC(=O)[C@@H]1CC(=O)c2cc(F)c(F)cc2O1. The summed E-state index contributed by atoms with van der Waals surface area (Å²) in [5.41, 5.74) is 0.139. The number of fused-ring (bicyclic) bond motifs is 1. The molecule has 2 aromatic rings. The molecule has 2 amide bonds. The topological polar surface area (TPSA) is 93.7 Å². The lowest BCUT2D eigenvalue weighted by atomic mass is 10.00. The first kappa shape index (κ1) is 24.5. The number of carbonyl (C=O) groups is 3. The van der Waals surface area contributed by atoms with Gasteiger partial charge in [0.1, 0.15) is 11.5 Å². The highest BCUT2D eigenvalue weighted by Gasteiger charge is 2.32. The third-order valence-corrected chi connectivity index (χ3v) is 5.30. The number of nitrogens with one attached hydrogen (secondary N) is 2. The number of hydrogen-bond acceptors (Lipinski definition) is 5. The Morgan fingerprint density at radius 2 is 1.88 bits per heavy atom. The molecule has 7 nitrogen and oxygen atoms in total. The number of halogens is 4. The van der Waals surface area contributed by atoms with Crippen molar-refractivity contribution in [2.24, 2.45) is 0 Å². The van der Waals surface area contributed by atoms with E-state index in [-0.39, 0.29) is 43.0 Å². The van der Waals surface area contributed by atoms with Crippen LogP contribution in [0.1, 0.15) is 23.2 Å². The molecule has 0 aliphatic carbocycles. The van der Waals surface area contributed by atoms with Gasteiger partial charge in [0.2, 0.25) is 0 Å². The molecule has 3 rings (SSSR count). The first-order chi connectivity index (χ1) is 15.6. The molecule has 1 atom stereocenters. The van der Waals surface area contributed by atoms with Crippen LogP contribution in [0, 0.1) is 11.6 Å². The zero-order valence-electron chi connectivity index (χ0n) is 17.1. The lowest BCUT2D eigenvalue weighted by Crippen LogP contribution is -2.42. The van der Waals surface area contributed by atoms with E-state index in [1.54, 1.807) is 12.1 Å². The van der Waals surface area contributed by atoms with Gasteiger partial charge < -0.3 is 20.1 Å². The molecule has 1 heterocycles. The maximum Gasteiger partial charge on any atom is 0.265 e. The van der Waals surface area contributed by atoms with Crippen LogP contribution in [0.3, 0.4) is 0 Å². The molecule has 2 N–H and O–H groups in total. The minimum absolute atomic E-state index is 0.123. The molecule has 0 spiro atoms. The first-order valence-corrected chi connectivity index (χ1v) is 10.4. The highest BCUT2D eigenvalue weighted by Crippen LogP contribution is 2.30.